The maximum Gasteiger partial charge on any atom is 0.276 e. The molecule has 0 unspecified atom stereocenters. The summed E-state index contributed by atoms with van der Waals surface area (Å²) in [5.41, 5.74) is 7.65. The minimum Gasteiger partial charge on any atom is -0.397 e. The Morgan fingerprint density at radius 1 is 1.53 bits per heavy atom. The van der Waals surface area contributed by atoms with Gasteiger partial charge in [-0.25, -0.2) is 4.98 Å². The van der Waals surface area contributed by atoms with Crippen molar-refractivity contribution < 1.29 is 4.79 Å². The number of hydrogen-bond acceptors (Lipinski definition) is 4. The van der Waals surface area contributed by atoms with Crippen molar-refractivity contribution in [3.05, 3.63) is 35.9 Å². The molecule has 2 aromatic heterocycles. The van der Waals surface area contributed by atoms with E-state index in [2.05, 4.69) is 15.4 Å². The van der Waals surface area contributed by atoms with E-state index >= 15 is 0 Å². The van der Waals surface area contributed by atoms with Crippen LogP contribution in [-0.2, 0) is 7.05 Å². The number of nitrogens with two attached hydrogens (primary N) is 1. The van der Waals surface area contributed by atoms with Gasteiger partial charge in [-0.2, -0.15) is 5.10 Å². The van der Waals surface area contributed by atoms with E-state index in [0.29, 0.717) is 11.4 Å². The Labute approximate surface area is 98.5 Å². The Morgan fingerprint density at radius 2 is 2.29 bits per heavy atom. The third-order valence-corrected chi connectivity index (χ3v) is 2.32. The number of carbonyl (C=O) groups is 1. The first-order valence-corrected chi connectivity index (χ1v) is 5.10. The fourth-order valence-electron chi connectivity index (χ4n) is 1.51. The average molecular weight is 231 g/mol. The van der Waals surface area contributed by atoms with Crippen LogP contribution in [0.25, 0.3) is 0 Å². The molecular weight excluding hydrogens is 218 g/mol. The number of aromatic nitrogens is 3. The number of aryl methyl sites for hydroxylation is 2. The van der Waals surface area contributed by atoms with Gasteiger partial charge in [-0.05, 0) is 19.1 Å². The first-order valence-electron chi connectivity index (χ1n) is 5.10. The molecule has 0 aromatic carbocycles. The van der Waals surface area contributed by atoms with Crippen LogP contribution in [0, 0.1) is 6.92 Å². The van der Waals surface area contributed by atoms with Gasteiger partial charge in [0.2, 0.25) is 0 Å². The molecule has 0 fully saturated rings. The van der Waals surface area contributed by atoms with Gasteiger partial charge in [-0.1, -0.05) is 0 Å². The molecule has 0 aliphatic carbocycles. The van der Waals surface area contributed by atoms with Crippen molar-refractivity contribution in [1.29, 1.82) is 0 Å². The Balaban J connectivity index is 2.23. The van der Waals surface area contributed by atoms with E-state index in [1.807, 2.05) is 6.92 Å². The highest BCUT2D eigenvalue weighted by Crippen LogP contribution is 2.14. The van der Waals surface area contributed by atoms with E-state index in [0.717, 1.165) is 5.69 Å². The van der Waals surface area contributed by atoms with Gasteiger partial charge >= 0.3 is 0 Å². The van der Waals surface area contributed by atoms with E-state index in [-0.39, 0.29) is 11.6 Å². The Morgan fingerprint density at radius 3 is 2.88 bits per heavy atom. The number of hydrogen-bond donors (Lipinski definition) is 2. The van der Waals surface area contributed by atoms with Crippen molar-refractivity contribution in [3.8, 4) is 0 Å². The van der Waals surface area contributed by atoms with E-state index in [4.69, 9.17) is 5.73 Å². The maximum absolute atomic E-state index is 11.9. The molecule has 0 spiro atoms. The van der Waals surface area contributed by atoms with Crippen LogP contribution < -0.4 is 11.1 Å². The minimum atomic E-state index is -0.334. The summed E-state index contributed by atoms with van der Waals surface area (Å²) in [5, 5.41) is 6.85. The summed E-state index contributed by atoms with van der Waals surface area (Å²) in [6.07, 6.45) is 3.26. The highest BCUT2D eigenvalue weighted by atomic mass is 16.1. The zero-order chi connectivity index (χ0) is 12.4. The summed E-state index contributed by atoms with van der Waals surface area (Å²) in [6.45, 7) is 1.82. The van der Waals surface area contributed by atoms with Crippen molar-refractivity contribution in [2.45, 2.75) is 6.92 Å². The van der Waals surface area contributed by atoms with Crippen LogP contribution in [0.4, 0.5) is 11.4 Å². The number of pyridine rings is 1. The molecule has 0 saturated carbocycles. The highest BCUT2D eigenvalue weighted by molar-refractivity contribution is 6.06. The molecule has 0 atom stereocenters. The molecule has 2 aromatic rings. The standard InChI is InChI=1S/C11H13N5O/c1-7-9(6-16(2)15-7)14-11(17)10-8(12)4-3-5-13-10/h3-6H,12H2,1-2H3,(H,14,17). The van der Waals surface area contributed by atoms with Crippen molar-refractivity contribution >= 4 is 17.3 Å². The minimum absolute atomic E-state index is 0.218. The first kappa shape index (κ1) is 11.1. The molecule has 2 heterocycles. The maximum atomic E-state index is 11.9. The summed E-state index contributed by atoms with van der Waals surface area (Å²) in [6, 6.07) is 3.32. The lowest BCUT2D eigenvalue weighted by Gasteiger charge is -2.04. The van der Waals surface area contributed by atoms with E-state index in [1.54, 1.807) is 30.1 Å². The highest BCUT2D eigenvalue weighted by Gasteiger charge is 2.13. The van der Waals surface area contributed by atoms with Crippen molar-refractivity contribution in [1.82, 2.24) is 14.8 Å². The smallest absolute Gasteiger partial charge is 0.276 e. The fraction of sp³-hybridized carbons (Fsp3) is 0.182. The molecule has 0 aliphatic heterocycles. The van der Waals surface area contributed by atoms with Gasteiger partial charge in [-0.15, -0.1) is 0 Å². The van der Waals surface area contributed by atoms with Crippen LogP contribution in [0.15, 0.2) is 24.5 Å². The summed E-state index contributed by atoms with van der Waals surface area (Å²) in [5.74, 6) is -0.334. The first-order chi connectivity index (χ1) is 8.08. The van der Waals surface area contributed by atoms with Crippen LogP contribution in [0.5, 0.6) is 0 Å². The normalized spacial score (nSPS) is 10.2. The lowest BCUT2D eigenvalue weighted by Crippen LogP contribution is -2.15. The van der Waals surface area contributed by atoms with Gasteiger partial charge in [0.25, 0.3) is 5.91 Å². The monoisotopic (exact) mass is 231 g/mol. The quantitative estimate of drug-likeness (QED) is 0.806. The lowest BCUT2D eigenvalue weighted by molar-refractivity contribution is 0.102. The molecule has 0 saturated heterocycles. The molecule has 0 bridgehead atoms. The Hall–Kier alpha value is -2.37. The van der Waals surface area contributed by atoms with E-state index < -0.39 is 0 Å². The molecule has 0 aliphatic rings. The van der Waals surface area contributed by atoms with Crippen LogP contribution in [0.3, 0.4) is 0 Å². The molecule has 88 valence electrons. The molecule has 0 radical (unpaired) electrons. The predicted molar refractivity (Wildman–Crippen MR) is 64.5 cm³/mol. The SMILES string of the molecule is Cc1nn(C)cc1NC(=O)c1ncccc1N. The summed E-state index contributed by atoms with van der Waals surface area (Å²) in [4.78, 5) is 15.9. The van der Waals surface area contributed by atoms with Crippen LogP contribution >= 0.6 is 0 Å². The molecular formula is C11H13N5O. The Kier molecular flexibility index (Phi) is 2.78. The summed E-state index contributed by atoms with van der Waals surface area (Å²) >= 11 is 0. The number of anilines is 2. The zero-order valence-electron chi connectivity index (χ0n) is 9.64. The number of rotatable bonds is 2. The zero-order valence-corrected chi connectivity index (χ0v) is 9.64. The largest absolute Gasteiger partial charge is 0.397 e. The number of nitrogen functional groups attached to an aromatic ring is 1. The summed E-state index contributed by atoms with van der Waals surface area (Å²) < 4.78 is 1.63. The molecule has 6 nitrogen and oxygen atoms in total. The van der Waals surface area contributed by atoms with Crippen molar-refractivity contribution in [2.75, 3.05) is 11.1 Å². The van der Waals surface area contributed by atoms with Gasteiger partial charge in [0.1, 0.15) is 0 Å². The summed E-state index contributed by atoms with van der Waals surface area (Å²) in [7, 11) is 1.79. The van der Waals surface area contributed by atoms with Crippen LogP contribution in [0.2, 0.25) is 0 Å². The lowest BCUT2D eigenvalue weighted by atomic mass is 10.3. The van der Waals surface area contributed by atoms with E-state index in [9.17, 15) is 4.79 Å². The van der Waals surface area contributed by atoms with E-state index in [1.165, 1.54) is 6.20 Å². The number of amides is 1. The third-order valence-electron chi connectivity index (χ3n) is 2.32. The number of carbonyl (C=O) groups excluding carboxylic acids is 1. The topological polar surface area (TPSA) is 85.8 Å². The number of nitrogens with zero attached hydrogens (tertiary/aromatic N) is 3. The van der Waals surface area contributed by atoms with Crippen molar-refractivity contribution in [2.24, 2.45) is 7.05 Å². The van der Waals surface area contributed by atoms with Crippen LogP contribution in [-0.4, -0.2) is 20.7 Å². The van der Waals surface area contributed by atoms with Gasteiger partial charge in [0, 0.05) is 19.4 Å². The van der Waals surface area contributed by atoms with Gasteiger partial charge in [-0.3, -0.25) is 9.48 Å². The molecule has 1 amide bonds. The second-order valence-electron chi connectivity index (χ2n) is 3.70. The predicted octanol–water partition coefficient (Wildman–Crippen LogP) is 0.958. The molecule has 6 heteroatoms. The van der Waals surface area contributed by atoms with Gasteiger partial charge in [0.15, 0.2) is 5.69 Å². The average Bonchev–Trinajstić information content (AvgIpc) is 2.58. The molecule has 2 rings (SSSR count). The molecule has 17 heavy (non-hydrogen) atoms. The molecule has 3 N–H and O–H groups in total. The van der Waals surface area contributed by atoms with Gasteiger partial charge in [0.05, 0.1) is 17.1 Å². The Bertz CT molecular complexity index is 561. The van der Waals surface area contributed by atoms with Crippen LogP contribution in [0.1, 0.15) is 16.2 Å². The fourth-order valence-corrected chi connectivity index (χ4v) is 1.51. The second-order valence-corrected chi connectivity index (χ2v) is 3.70. The van der Waals surface area contributed by atoms with Gasteiger partial charge < -0.3 is 11.1 Å². The number of nitrogens with one attached hydrogen (secondary N) is 1. The van der Waals surface area contributed by atoms with Crippen molar-refractivity contribution in [3.63, 3.8) is 0 Å². The third kappa shape index (κ3) is 2.25. The second kappa shape index (κ2) is 4.25.